The van der Waals surface area contributed by atoms with Gasteiger partial charge in [0, 0.05) is 7.05 Å². The summed E-state index contributed by atoms with van der Waals surface area (Å²) < 4.78 is 10.1. The lowest BCUT2D eigenvalue weighted by atomic mass is 10.1. The number of fused-ring (bicyclic) bond motifs is 1. The molecule has 0 radical (unpaired) electrons. The van der Waals surface area contributed by atoms with Gasteiger partial charge in [-0.25, -0.2) is 4.79 Å². The van der Waals surface area contributed by atoms with Gasteiger partial charge in [-0.05, 0) is 22.9 Å². The molecule has 0 aliphatic heterocycles. The van der Waals surface area contributed by atoms with Crippen LogP contribution in [0.5, 0.6) is 5.75 Å². The third-order valence-electron chi connectivity index (χ3n) is 2.72. The lowest BCUT2D eigenvalue weighted by molar-refractivity contribution is -0.150. The second-order valence-electron chi connectivity index (χ2n) is 4.13. The van der Waals surface area contributed by atoms with Crippen molar-refractivity contribution in [2.75, 3.05) is 20.3 Å². The Morgan fingerprint density at radius 3 is 2.55 bits per heavy atom. The largest absolute Gasteiger partial charge is 0.482 e. The molecule has 0 atom stereocenters. The van der Waals surface area contributed by atoms with E-state index in [-0.39, 0.29) is 19.1 Å². The molecule has 5 nitrogen and oxygen atoms in total. The predicted octanol–water partition coefficient (Wildman–Crippen LogP) is 1.51. The molecule has 0 spiro atoms. The van der Waals surface area contributed by atoms with E-state index >= 15 is 0 Å². The van der Waals surface area contributed by atoms with Crippen molar-refractivity contribution in [3.63, 3.8) is 0 Å². The second-order valence-corrected chi connectivity index (χ2v) is 4.13. The third-order valence-corrected chi connectivity index (χ3v) is 2.72. The number of hydrogen-bond donors (Lipinski definition) is 1. The van der Waals surface area contributed by atoms with Crippen LogP contribution < -0.4 is 10.1 Å². The summed E-state index contributed by atoms with van der Waals surface area (Å²) in [6.07, 6.45) is 0. The van der Waals surface area contributed by atoms with Gasteiger partial charge in [-0.2, -0.15) is 0 Å². The lowest BCUT2D eigenvalue weighted by Gasteiger charge is -2.07. The maximum absolute atomic E-state index is 11.4. The van der Waals surface area contributed by atoms with Gasteiger partial charge in [-0.1, -0.05) is 30.3 Å². The Morgan fingerprint density at radius 2 is 1.80 bits per heavy atom. The highest BCUT2D eigenvalue weighted by Gasteiger charge is 2.07. The lowest BCUT2D eigenvalue weighted by Crippen LogP contribution is -2.26. The van der Waals surface area contributed by atoms with E-state index in [1.165, 1.54) is 7.05 Å². The Bertz CT molecular complexity index is 624. The Morgan fingerprint density at radius 1 is 1.05 bits per heavy atom. The minimum absolute atomic E-state index is 0.227. The zero-order valence-electron chi connectivity index (χ0n) is 11.1. The monoisotopic (exact) mass is 273 g/mol. The second kappa shape index (κ2) is 6.56. The molecular formula is C15H15NO4. The molecule has 0 aliphatic carbocycles. The van der Waals surface area contributed by atoms with Crippen LogP contribution in [0.25, 0.3) is 10.8 Å². The van der Waals surface area contributed by atoms with Crippen LogP contribution in [-0.4, -0.2) is 32.1 Å². The molecule has 0 saturated carbocycles. The number of hydrogen-bond acceptors (Lipinski definition) is 4. The van der Waals surface area contributed by atoms with E-state index in [4.69, 9.17) is 9.47 Å². The maximum Gasteiger partial charge on any atom is 0.344 e. The van der Waals surface area contributed by atoms with Crippen LogP contribution in [0.15, 0.2) is 42.5 Å². The van der Waals surface area contributed by atoms with Gasteiger partial charge < -0.3 is 14.8 Å². The fourth-order valence-electron chi connectivity index (χ4n) is 1.66. The molecular weight excluding hydrogens is 258 g/mol. The molecule has 20 heavy (non-hydrogen) atoms. The molecule has 0 unspecified atom stereocenters. The Hall–Kier alpha value is -2.56. The topological polar surface area (TPSA) is 64.6 Å². The Balaban J connectivity index is 1.89. The molecule has 5 heteroatoms. The minimum atomic E-state index is -0.582. The van der Waals surface area contributed by atoms with E-state index in [0.29, 0.717) is 5.75 Å². The zero-order valence-corrected chi connectivity index (χ0v) is 11.1. The van der Waals surface area contributed by atoms with Crippen LogP contribution in [0.1, 0.15) is 0 Å². The van der Waals surface area contributed by atoms with Crippen LogP contribution in [0, 0.1) is 0 Å². The molecule has 104 valence electrons. The molecule has 0 saturated heterocycles. The molecule has 1 N–H and O–H groups in total. The quantitative estimate of drug-likeness (QED) is 0.839. The number of nitrogens with one attached hydrogen (secondary N) is 1. The first-order chi connectivity index (χ1) is 9.69. The Kier molecular flexibility index (Phi) is 4.55. The summed E-state index contributed by atoms with van der Waals surface area (Å²) in [5, 5.41) is 4.49. The molecule has 0 aromatic heterocycles. The normalized spacial score (nSPS) is 10.1. The first-order valence-corrected chi connectivity index (χ1v) is 6.17. The van der Waals surface area contributed by atoms with E-state index in [0.717, 1.165) is 10.8 Å². The number of likely N-dealkylation sites (N-methyl/N-ethyl adjacent to an activating group) is 1. The highest BCUT2D eigenvalue weighted by atomic mass is 16.6. The average Bonchev–Trinajstić information content (AvgIpc) is 2.50. The summed E-state index contributed by atoms with van der Waals surface area (Å²) in [4.78, 5) is 22.3. The third kappa shape index (κ3) is 3.71. The first kappa shape index (κ1) is 13.9. The minimum Gasteiger partial charge on any atom is -0.482 e. The van der Waals surface area contributed by atoms with Gasteiger partial charge in [0.2, 0.25) is 0 Å². The van der Waals surface area contributed by atoms with Crippen LogP contribution in [0.3, 0.4) is 0 Å². The number of carbonyl (C=O) groups excluding carboxylic acids is 2. The van der Waals surface area contributed by atoms with Crippen LogP contribution in [0.2, 0.25) is 0 Å². The van der Waals surface area contributed by atoms with Gasteiger partial charge >= 0.3 is 5.97 Å². The number of carbonyl (C=O) groups is 2. The summed E-state index contributed by atoms with van der Waals surface area (Å²) in [5.74, 6) is -0.355. The van der Waals surface area contributed by atoms with Gasteiger partial charge in [-0.15, -0.1) is 0 Å². The molecule has 2 aromatic carbocycles. The molecule has 2 aromatic rings. The van der Waals surface area contributed by atoms with Crippen molar-refractivity contribution in [3.05, 3.63) is 42.5 Å². The molecule has 0 aliphatic rings. The van der Waals surface area contributed by atoms with Crippen molar-refractivity contribution < 1.29 is 19.1 Å². The van der Waals surface area contributed by atoms with Crippen molar-refractivity contribution in [1.29, 1.82) is 0 Å². The summed E-state index contributed by atoms with van der Waals surface area (Å²) in [6, 6.07) is 13.4. The van der Waals surface area contributed by atoms with Gasteiger partial charge in [0.15, 0.2) is 13.2 Å². The number of amides is 1. The van der Waals surface area contributed by atoms with E-state index in [1.807, 2.05) is 36.4 Å². The zero-order chi connectivity index (χ0) is 14.4. The van der Waals surface area contributed by atoms with Crippen LogP contribution >= 0.6 is 0 Å². The molecule has 0 fully saturated rings. The van der Waals surface area contributed by atoms with Crippen molar-refractivity contribution >= 4 is 22.6 Å². The number of esters is 1. The molecule has 0 bridgehead atoms. The van der Waals surface area contributed by atoms with E-state index in [9.17, 15) is 9.59 Å². The molecule has 0 heterocycles. The smallest absolute Gasteiger partial charge is 0.344 e. The highest BCUT2D eigenvalue weighted by molar-refractivity contribution is 5.84. The fraction of sp³-hybridized carbons (Fsp3) is 0.200. The maximum atomic E-state index is 11.4. The molecule has 1 amide bonds. The number of ether oxygens (including phenoxy) is 2. The van der Waals surface area contributed by atoms with E-state index < -0.39 is 5.97 Å². The fourth-order valence-corrected chi connectivity index (χ4v) is 1.66. The first-order valence-electron chi connectivity index (χ1n) is 6.17. The van der Waals surface area contributed by atoms with Crippen LogP contribution in [-0.2, 0) is 14.3 Å². The van der Waals surface area contributed by atoms with Gasteiger partial charge in [0.05, 0.1) is 0 Å². The van der Waals surface area contributed by atoms with Crippen molar-refractivity contribution in [1.82, 2.24) is 5.32 Å². The van der Waals surface area contributed by atoms with Crippen molar-refractivity contribution in [2.45, 2.75) is 0 Å². The van der Waals surface area contributed by atoms with Gasteiger partial charge in [-0.3, -0.25) is 4.79 Å². The Labute approximate surface area is 116 Å². The molecule has 2 rings (SSSR count). The summed E-state index contributed by atoms with van der Waals surface area (Å²) >= 11 is 0. The average molecular weight is 273 g/mol. The van der Waals surface area contributed by atoms with Crippen LogP contribution in [0.4, 0.5) is 0 Å². The summed E-state index contributed by atoms with van der Waals surface area (Å²) in [7, 11) is 1.47. The van der Waals surface area contributed by atoms with E-state index in [2.05, 4.69) is 5.32 Å². The predicted molar refractivity (Wildman–Crippen MR) is 74.5 cm³/mol. The highest BCUT2D eigenvalue weighted by Crippen LogP contribution is 2.20. The SMILES string of the molecule is CNC(=O)COC(=O)COc1ccc2ccccc2c1. The number of benzene rings is 2. The standard InChI is InChI=1S/C15H15NO4/c1-16-14(17)9-20-15(18)10-19-13-7-6-11-4-2-3-5-12(11)8-13/h2-8H,9-10H2,1H3,(H,16,17). The van der Waals surface area contributed by atoms with E-state index in [1.54, 1.807) is 6.07 Å². The van der Waals surface area contributed by atoms with Crippen molar-refractivity contribution in [2.24, 2.45) is 0 Å². The summed E-state index contributed by atoms with van der Waals surface area (Å²) in [5.41, 5.74) is 0. The number of rotatable bonds is 5. The van der Waals surface area contributed by atoms with Gasteiger partial charge in [0.25, 0.3) is 5.91 Å². The van der Waals surface area contributed by atoms with Gasteiger partial charge in [0.1, 0.15) is 5.75 Å². The summed E-state index contributed by atoms with van der Waals surface area (Å²) in [6.45, 7) is -0.522. The van der Waals surface area contributed by atoms with Crippen molar-refractivity contribution in [3.8, 4) is 5.75 Å².